The molecule has 0 amide bonds. The number of fused-ring (bicyclic) bond motifs is 1. The van der Waals surface area contributed by atoms with Gasteiger partial charge in [0.25, 0.3) is 0 Å². The van der Waals surface area contributed by atoms with Crippen molar-refractivity contribution in [3.63, 3.8) is 0 Å². The number of H-pyrrole nitrogens is 1. The van der Waals surface area contributed by atoms with Crippen LogP contribution < -0.4 is 5.32 Å². The van der Waals surface area contributed by atoms with E-state index in [1.54, 1.807) is 0 Å². The number of carbonyl (C=O) groups excluding carboxylic acids is 1. The lowest BCUT2D eigenvalue weighted by atomic mass is 9.90. The van der Waals surface area contributed by atoms with Gasteiger partial charge in [-0.1, -0.05) is 49.1 Å². The highest BCUT2D eigenvalue weighted by Crippen LogP contribution is 2.38. The first kappa shape index (κ1) is 15.5. The van der Waals surface area contributed by atoms with Gasteiger partial charge in [-0.15, -0.1) is 0 Å². The van der Waals surface area contributed by atoms with Crippen molar-refractivity contribution in [2.24, 2.45) is 0 Å². The van der Waals surface area contributed by atoms with Gasteiger partial charge in [0.2, 0.25) is 0 Å². The number of ketones is 1. The fraction of sp³-hybridized carbons (Fsp3) is 0.476. The SMILES string of the molecule is Cc1ccc(-c2c(NC3CCCCC3)[nH]c3c2C(=O)CCC3)cc1. The second-order valence-corrected chi connectivity index (χ2v) is 7.35. The van der Waals surface area contributed by atoms with Crippen molar-refractivity contribution in [3.05, 3.63) is 41.1 Å². The van der Waals surface area contributed by atoms with Gasteiger partial charge in [-0.2, -0.15) is 0 Å². The summed E-state index contributed by atoms with van der Waals surface area (Å²) in [5.41, 5.74) is 5.55. The van der Waals surface area contributed by atoms with Crippen LogP contribution in [0.2, 0.25) is 0 Å². The second kappa shape index (κ2) is 6.46. The number of nitrogens with one attached hydrogen (secondary N) is 2. The number of aryl methyl sites for hydroxylation is 2. The number of hydrogen-bond acceptors (Lipinski definition) is 2. The van der Waals surface area contributed by atoms with Crippen LogP contribution in [0.1, 0.15) is 66.6 Å². The zero-order valence-corrected chi connectivity index (χ0v) is 14.5. The number of benzene rings is 1. The van der Waals surface area contributed by atoms with E-state index in [1.165, 1.54) is 37.7 Å². The molecule has 1 saturated carbocycles. The molecule has 0 saturated heterocycles. The molecule has 3 heteroatoms. The topological polar surface area (TPSA) is 44.9 Å². The van der Waals surface area contributed by atoms with E-state index >= 15 is 0 Å². The van der Waals surface area contributed by atoms with Crippen molar-refractivity contribution < 1.29 is 4.79 Å². The highest BCUT2D eigenvalue weighted by atomic mass is 16.1. The third kappa shape index (κ3) is 2.88. The maximum absolute atomic E-state index is 12.6. The maximum Gasteiger partial charge on any atom is 0.165 e. The van der Waals surface area contributed by atoms with Gasteiger partial charge in [-0.05, 0) is 38.2 Å². The normalized spacial score (nSPS) is 18.5. The van der Waals surface area contributed by atoms with Crippen LogP contribution in [0.3, 0.4) is 0 Å². The molecule has 2 aliphatic carbocycles. The minimum atomic E-state index is 0.291. The van der Waals surface area contributed by atoms with Gasteiger partial charge in [-0.25, -0.2) is 0 Å². The standard InChI is InChI=1S/C21H26N2O/c1-14-10-12-15(13-11-14)19-20-17(8-5-9-18(20)24)23-21(19)22-16-6-3-2-4-7-16/h10-13,16,22-23H,2-9H2,1H3. The lowest BCUT2D eigenvalue weighted by Crippen LogP contribution is -2.22. The molecule has 2 N–H and O–H groups in total. The van der Waals surface area contributed by atoms with Crippen molar-refractivity contribution in [3.8, 4) is 11.1 Å². The summed E-state index contributed by atoms with van der Waals surface area (Å²) in [6.45, 7) is 2.10. The summed E-state index contributed by atoms with van der Waals surface area (Å²) < 4.78 is 0. The van der Waals surface area contributed by atoms with Crippen LogP contribution in [0.25, 0.3) is 11.1 Å². The van der Waals surface area contributed by atoms with E-state index in [4.69, 9.17) is 0 Å². The zero-order chi connectivity index (χ0) is 16.5. The molecule has 1 aromatic heterocycles. The molecular weight excluding hydrogens is 296 g/mol. The molecular formula is C21H26N2O. The van der Waals surface area contributed by atoms with E-state index in [1.807, 2.05) is 0 Å². The highest BCUT2D eigenvalue weighted by molar-refractivity contribution is 6.07. The first-order chi connectivity index (χ1) is 11.7. The van der Waals surface area contributed by atoms with Crippen LogP contribution in [0.5, 0.6) is 0 Å². The lowest BCUT2D eigenvalue weighted by Gasteiger charge is -2.24. The molecule has 0 spiro atoms. The van der Waals surface area contributed by atoms with E-state index in [9.17, 15) is 4.79 Å². The number of carbonyl (C=O) groups is 1. The van der Waals surface area contributed by atoms with Gasteiger partial charge in [-0.3, -0.25) is 4.79 Å². The Labute approximate surface area is 143 Å². The number of rotatable bonds is 3. The number of hydrogen-bond donors (Lipinski definition) is 2. The van der Waals surface area contributed by atoms with Gasteiger partial charge in [0.05, 0.1) is 0 Å². The summed E-state index contributed by atoms with van der Waals surface area (Å²) in [5, 5.41) is 3.73. The Morgan fingerprint density at radius 3 is 2.46 bits per heavy atom. The van der Waals surface area contributed by atoms with Crippen molar-refractivity contribution in [2.75, 3.05) is 5.32 Å². The summed E-state index contributed by atoms with van der Waals surface area (Å²) in [6, 6.07) is 9.08. The van der Waals surface area contributed by atoms with Gasteiger partial charge in [0, 0.05) is 29.3 Å². The van der Waals surface area contributed by atoms with Crippen molar-refractivity contribution >= 4 is 11.6 Å². The summed E-state index contributed by atoms with van der Waals surface area (Å²) in [7, 11) is 0. The molecule has 0 aliphatic heterocycles. The fourth-order valence-corrected chi connectivity index (χ4v) is 4.17. The monoisotopic (exact) mass is 322 g/mol. The molecule has 1 heterocycles. The first-order valence-electron chi connectivity index (χ1n) is 9.34. The van der Waals surface area contributed by atoms with Crippen LogP contribution in [-0.2, 0) is 6.42 Å². The molecule has 1 fully saturated rings. The van der Waals surface area contributed by atoms with E-state index in [2.05, 4.69) is 41.5 Å². The molecule has 4 rings (SSSR count). The quantitative estimate of drug-likeness (QED) is 0.810. The van der Waals surface area contributed by atoms with Crippen LogP contribution >= 0.6 is 0 Å². The van der Waals surface area contributed by atoms with E-state index in [-0.39, 0.29) is 0 Å². The van der Waals surface area contributed by atoms with Crippen LogP contribution in [-0.4, -0.2) is 16.8 Å². The second-order valence-electron chi connectivity index (χ2n) is 7.35. The molecule has 3 nitrogen and oxygen atoms in total. The lowest BCUT2D eigenvalue weighted by molar-refractivity contribution is 0.0973. The Bertz CT molecular complexity index is 736. The summed E-state index contributed by atoms with van der Waals surface area (Å²) in [5.74, 6) is 1.35. The fourth-order valence-electron chi connectivity index (χ4n) is 4.17. The van der Waals surface area contributed by atoms with E-state index < -0.39 is 0 Å². The Morgan fingerprint density at radius 1 is 0.958 bits per heavy atom. The average Bonchev–Trinajstić information content (AvgIpc) is 2.96. The van der Waals surface area contributed by atoms with Gasteiger partial charge >= 0.3 is 0 Å². The maximum atomic E-state index is 12.6. The first-order valence-corrected chi connectivity index (χ1v) is 9.34. The van der Waals surface area contributed by atoms with Gasteiger partial charge in [0.1, 0.15) is 5.82 Å². The molecule has 2 aromatic rings. The van der Waals surface area contributed by atoms with Gasteiger partial charge < -0.3 is 10.3 Å². The molecule has 0 unspecified atom stereocenters. The number of aromatic nitrogens is 1. The Hall–Kier alpha value is -2.03. The Morgan fingerprint density at radius 2 is 1.71 bits per heavy atom. The van der Waals surface area contributed by atoms with Crippen LogP contribution in [0.15, 0.2) is 24.3 Å². The molecule has 0 atom stereocenters. The van der Waals surface area contributed by atoms with Crippen molar-refractivity contribution in [1.82, 2.24) is 4.98 Å². The van der Waals surface area contributed by atoms with E-state index in [0.717, 1.165) is 41.0 Å². The molecule has 0 radical (unpaired) electrons. The van der Waals surface area contributed by atoms with Crippen LogP contribution in [0.4, 0.5) is 5.82 Å². The number of anilines is 1. The number of aromatic amines is 1. The summed E-state index contributed by atoms with van der Waals surface area (Å²) >= 11 is 0. The van der Waals surface area contributed by atoms with Gasteiger partial charge in [0.15, 0.2) is 5.78 Å². The Balaban J connectivity index is 1.77. The highest BCUT2D eigenvalue weighted by Gasteiger charge is 2.28. The predicted octanol–water partition coefficient (Wildman–Crippen LogP) is 5.25. The largest absolute Gasteiger partial charge is 0.368 e. The third-order valence-electron chi connectivity index (χ3n) is 5.48. The minimum Gasteiger partial charge on any atom is -0.368 e. The summed E-state index contributed by atoms with van der Waals surface area (Å²) in [4.78, 5) is 16.2. The Kier molecular flexibility index (Phi) is 4.17. The van der Waals surface area contributed by atoms with Crippen molar-refractivity contribution in [2.45, 2.75) is 64.3 Å². The number of Topliss-reactive ketones (excluding diaryl/α,β-unsaturated/α-hetero) is 1. The summed E-state index contributed by atoms with van der Waals surface area (Å²) in [6.07, 6.45) is 9.02. The van der Waals surface area contributed by atoms with Crippen molar-refractivity contribution in [1.29, 1.82) is 0 Å². The minimum absolute atomic E-state index is 0.291. The molecule has 0 bridgehead atoms. The molecule has 126 valence electrons. The third-order valence-corrected chi connectivity index (χ3v) is 5.48. The molecule has 2 aliphatic rings. The predicted molar refractivity (Wildman–Crippen MR) is 98.7 cm³/mol. The average molecular weight is 322 g/mol. The molecule has 1 aromatic carbocycles. The van der Waals surface area contributed by atoms with Crippen LogP contribution in [0, 0.1) is 6.92 Å². The smallest absolute Gasteiger partial charge is 0.165 e. The molecule has 24 heavy (non-hydrogen) atoms. The van der Waals surface area contributed by atoms with E-state index in [0.29, 0.717) is 18.2 Å². The zero-order valence-electron chi connectivity index (χ0n) is 14.5.